The van der Waals surface area contributed by atoms with Gasteiger partial charge in [0.25, 0.3) is 5.24 Å². The van der Waals surface area contributed by atoms with Crippen LogP contribution in [0.25, 0.3) is 0 Å². The molecule has 0 unspecified atom stereocenters. The highest BCUT2D eigenvalue weighted by molar-refractivity contribution is 6.67. The first kappa shape index (κ1) is 10.1. The third-order valence-corrected chi connectivity index (χ3v) is 1.74. The molecule has 13 heavy (non-hydrogen) atoms. The minimum Gasteiger partial charge on any atom is -0.275 e. The lowest BCUT2D eigenvalue weighted by Gasteiger charge is -2.02. The summed E-state index contributed by atoms with van der Waals surface area (Å²) in [7, 11) is 0. The molecule has 0 heterocycles. The number of benzene rings is 1. The first-order valence-corrected chi connectivity index (χ1v) is 3.67. The van der Waals surface area contributed by atoms with E-state index in [4.69, 9.17) is 11.6 Å². The summed E-state index contributed by atoms with van der Waals surface area (Å²) in [6, 6.07) is 0.864. The van der Waals surface area contributed by atoms with Crippen molar-refractivity contribution >= 4 is 16.8 Å². The highest BCUT2D eigenvalue weighted by Crippen LogP contribution is 2.20. The molecule has 0 radical (unpaired) electrons. The van der Waals surface area contributed by atoms with Gasteiger partial charge in [-0.2, -0.15) is 0 Å². The molecule has 0 amide bonds. The van der Waals surface area contributed by atoms with Gasteiger partial charge in [0, 0.05) is 0 Å². The molecule has 0 aliphatic heterocycles. The Bertz CT molecular complexity index is 376. The van der Waals surface area contributed by atoms with E-state index < -0.39 is 28.3 Å². The Labute approximate surface area is 77.1 Å². The molecular weight excluding hydrogens is 205 g/mol. The summed E-state index contributed by atoms with van der Waals surface area (Å²) in [5, 5.41) is -1.15. The van der Waals surface area contributed by atoms with Crippen LogP contribution in [0.3, 0.4) is 0 Å². The highest BCUT2D eigenvalue weighted by atomic mass is 35.5. The summed E-state index contributed by atoms with van der Waals surface area (Å²) in [4.78, 5) is 10.5. The van der Waals surface area contributed by atoms with E-state index in [1.54, 1.807) is 0 Å². The SMILES string of the molecule is Cc1cc(C(=O)Cl)c(F)c(F)c1F. The Kier molecular flexibility index (Phi) is 2.61. The minimum absolute atomic E-state index is 0.164. The van der Waals surface area contributed by atoms with Gasteiger partial charge in [0.15, 0.2) is 17.5 Å². The number of halogens is 4. The van der Waals surface area contributed by atoms with Gasteiger partial charge in [-0.1, -0.05) is 0 Å². The average Bonchev–Trinajstić information content (AvgIpc) is 2.07. The second-order valence-corrected chi connectivity index (χ2v) is 2.80. The van der Waals surface area contributed by atoms with Crippen molar-refractivity contribution in [2.24, 2.45) is 0 Å². The van der Waals surface area contributed by atoms with Crippen LogP contribution in [0, 0.1) is 24.4 Å². The molecule has 1 nitrogen and oxygen atoms in total. The fourth-order valence-electron chi connectivity index (χ4n) is 0.874. The predicted octanol–water partition coefficient (Wildman–Crippen LogP) is 2.79. The predicted molar refractivity (Wildman–Crippen MR) is 41.2 cm³/mol. The van der Waals surface area contributed by atoms with Gasteiger partial charge in [-0.15, -0.1) is 0 Å². The minimum atomic E-state index is -1.68. The molecule has 1 rings (SSSR count). The second kappa shape index (κ2) is 3.38. The quantitative estimate of drug-likeness (QED) is 0.512. The molecule has 0 aromatic heterocycles. The molecule has 5 heteroatoms. The second-order valence-electron chi connectivity index (χ2n) is 2.46. The van der Waals surface area contributed by atoms with Crippen LogP contribution in [-0.2, 0) is 0 Å². The molecule has 0 N–H and O–H groups in total. The molecule has 1 aromatic carbocycles. The van der Waals surface area contributed by atoms with Crippen LogP contribution < -0.4 is 0 Å². The van der Waals surface area contributed by atoms with E-state index in [1.165, 1.54) is 6.92 Å². The third-order valence-electron chi connectivity index (χ3n) is 1.54. The number of hydrogen-bond donors (Lipinski definition) is 0. The Morgan fingerprint density at radius 2 is 1.77 bits per heavy atom. The molecule has 0 spiro atoms. The number of aryl methyl sites for hydroxylation is 1. The molecule has 0 atom stereocenters. The van der Waals surface area contributed by atoms with Crippen molar-refractivity contribution in [3.05, 3.63) is 34.6 Å². The zero-order valence-electron chi connectivity index (χ0n) is 6.50. The summed E-state index contributed by atoms with van der Waals surface area (Å²) in [6.07, 6.45) is 0. The van der Waals surface area contributed by atoms with Crippen LogP contribution in [0.5, 0.6) is 0 Å². The first-order valence-electron chi connectivity index (χ1n) is 3.29. The van der Waals surface area contributed by atoms with Crippen LogP contribution in [0.2, 0.25) is 0 Å². The lowest BCUT2D eigenvalue weighted by molar-refractivity contribution is 0.107. The maximum absolute atomic E-state index is 12.8. The van der Waals surface area contributed by atoms with E-state index in [1.807, 2.05) is 0 Å². The van der Waals surface area contributed by atoms with E-state index in [9.17, 15) is 18.0 Å². The summed E-state index contributed by atoms with van der Waals surface area (Å²) in [5.41, 5.74) is -0.819. The lowest BCUT2D eigenvalue weighted by Crippen LogP contribution is -2.02. The molecule has 0 saturated carbocycles. The van der Waals surface area contributed by atoms with Crippen molar-refractivity contribution in [2.75, 3.05) is 0 Å². The van der Waals surface area contributed by atoms with E-state index in [2.05, 4.69) is 0 Å². The van der Waals surface area contributed by atoms with E-state index in [0.717, 1.165) is 6.07 Å². The average molecular weight is 209 g/mol. The number of carbonyl (C=O) groups excluding carboxylic acids is 1. The van der Waals surface area contributed by atoms with Crippen molar-refractivity contribution in [3.8, 4) is 0 Å². The largest absolute Gasteiger partial charge is 0.275 e. The molecule has 0 aliphatic rings. The fourth-order valence-corrected chi connectivity index (χ4v) is 1.01. The van der Waals surface area contributed by atoms with Gasteiger partial charge in [0.05, 0.1) is 5.56 Å². The van der Waals surface area contributed by atoms with Crippen molar-refractivity contribution in [1.82, 2.24) is 0 Å². The molecule has 70 valence electrons. The molecular formula is C8H4ClF3O. The first-order chi connectivity index (χ1) is 5.95. The molecule has 0 saturated heterocycles. The van der Waals surface area contributed by atoms with Crippen molar-refractivity contribution in [3.63, 3.8) is 0 Å². The van der Waals surface area contributed by atoms with Crippen LogP contribution in [0.15, 0.2) is 6.07 Å². The molecule has 1 aromatic rings. The fraction of sp³-hybridized carbons (Fsp3) is 0.125. The number of hydrogen-bond acceptors (Lipinski definition) is 1. The summed E-state index contributed by atoms with van der Waals surface area (Å²) in [6.45, 7) is 1.21. The highest BCUT2D eigenvalue weighted by Gasteiger charge is 2.19. The Morgan fingerprint density at radius 3 is 2.23 bits per heavy atom. The van der Waals surface area contributed by atoms with Crippen LogP contribution >= 0.6 is 11.6 Å². The van der Waals surface area contributed by atoms with Gasteiger partial charge in [-0.25, -0.2) is 13.2 Å². The molecule has 0 fully saturated rings. The van der Waals surface area contributed by atoms with E-state index in [0.29, 0.717) is 0 Å². The van der Waals surface area contributed by atoms with Crippen LogP contribution in [0.1, 0.15) is 15.9 Å². The van der Waals surface area contributed by atoms with E-state index >= 15 is 0 Å². The standard InChI is InChI=1S/C8H4ClF3O/c1-3-2-4(8(9)13)6(11)7(12)5(3)10/h2H,1H3. The van der Waals surface area contributed by atoms with Crippen molar-refractivity contribution in [1.29, 1.82) is 0 Å². The van der Waals surface area contributed by atoms with Gasteiger partial charge in [-0.05, 0) is 30.2 Å². The number of rotatable bonds is 1. The summed E-state index contributed by atoms with van der Waals surface area (Å²) < 4.78 is 38.1. The Hall–Kier alpha value is -1.03. The van der Waals surface area contributed by atoms with Gasteiger partial charge >= 0.3 is 0 Å². The van der Waals surface area contributed by atoms with Gasteiger partial charge < -0.3 is 0 Å². The van der Waals surface area contributed by atoms with Crippen molar-refractivity contribution < 1.29 is 18.0 Å². The van der Waals surface area contributed by atoms with E-state index in [-0.39, 0.29) is 5.56 Å². The van der Waals surface area contributed by atoms with Crippen LogP contribution in [0.4, 0.5) is 13.2 Å². The van der Waals surface area contributed by atoms with Crippen molar-refractivity contribution in [2.45, 2.75) is 6.92 Å². The summed E-state index contributed by atoms with van der Waals surface area (Å²) in [5.74, 6) is -4.54. The monoisotopic (exact) mass is 208 g/mol. The van der Waals surface area contributed by atoms with Gasteiger partial charge in [-0.3, -0.25) is 4.79 Å². The topological polar surface area (TPSA) is 17.1 Å². The third kappa shape index (κ3) is 1.67. The van der Waals surface area contributed by atoms with Gasteiger partial charge in [0.2, 0.25) is 0 Å². The van der Waals surface area contributed by atoms with Crippen LogP contribution in [-0.4, -0.2) is 5.24 Å². The maximum Gasteiger partial charge on any atom is 0.255 e. The maximum atomic E-state index is 12.8. The Morgan fingerprint density at radius 1 is 1.23 bits per heavy atom. The summed E-state index contributed by atoms with van der Waals surface area (Å²) >= 11 is 4.94. The molecule has 0 bridgehead atoms. The van der Waals surface area contributed by atoms with Gasteiger partial charge in [0.1, 0.15) is 0 Å². The number of carbonyl (C=O) groups is 1. The smallest absolute Gasteiger partial charge is 0.255 e. The zero-order valence-corrected chi connectivity index (χ0v) is 7.25. The molecule has 0 aliphatic carbocycles. The zero-order chi connectivity index (χ0) is 10.2. The normalized spacial score (nSPS) is 10.2. The lowest BCUT2D eigenvalue weighted by atomic mass is 10.1. The Balaban J connectivity index is 3.50.